The van der Waals surface area contributed by atoms with Crippen molar-refractivity contribution in [2.24, 2.45) is 5.10 Å². The van der Waals surface area contributed by atoms with Crippen LogP contribution < -0.4 is 21.4 Å². The second-order valence-electron chi connectivity index (χ2n) is 7.10. The maximum Gasteiger partial charge on any atom is 0.349 e. The molecule has 1 atom stereocenters. The average molecular weight is 492 g/mol. The predicted molar refractivity (Wildman–Crippen MR) is 121 cm³/mol. The molecular formula is C21H16Cl2FN5O4. The number of H-pyrrole nitrogens is 1. The van der Waals surface area contributed by atoms with E-state index < -0.39 is 17.5 Å². The molecule has 33 heavy (non-hydrogen) atoms. The van der Waals surface area contributed by atoms with Gasteiger partial charge in [0.15, 0.2) is 12.0 Å². The summed E-state index contributed by atoms with van der Waals surface area (Å²) < 4.78 is 20.1. The molecule has 1 aliphatic rings. The maximum absolute atomic E-state index is 13.5. The minimum Gasteiger partial charge on any atom is -0.434 e. The number of ether oxygens (including phenoxy) is 1. The van der Waals surface area contributed by atoms with E-state index in [9.17, 15) is 19.1 Å². The van der Waals surface area contributed by atoms with Crippen LogP contribution in [0, 0.1) is 12.7 Å². The first-order chi connectivity index (χ1) is 15.7. The van der Waals surface area contributed by atoms with Gasteiger partial charge in [-0.3, -0.25) is 15.2 Å². The summed E-state index contributed by atoms with van der Waals surface area (Å²) in [4.78, 5) is 25.8. The van der Waals surface area contributed by atoms with Crippen molar-refractivity contribution in [3.63, 3.8) is 0 Å². The lowest BCUT2D eigenvalue weighted by Gasteiger charge is -2.21. The van der Waals surface area contributed by atoms with Crippen LogP contribution in [0.2, 0.25) is 10.0 Å². The first-order valence-corrected chi connectivity index (χ1v) is 10.3. The van der Waals surface area contributed by atoms with Gasteiger partial charge >= 0.3 is 5.69 Å². The normalized spacial score (nSPS) is 15.5. The summed E-state index contributed by atoms with van der Waals surface area (Å²) in [7, 11) is 0. The molecule has 4 rings (SSSR count). The van der Waals surface area contributed by atoms with Gasteiger partial charge in [-0.1, -0.05) is 35.3 Å². The first kappa shape index (κ1) is 22.7. The fourth-order valence-corrected chi connectivity index (χ4v) is 3.64. The number of aliphatic hydroxyl groups is 1. The van der Waals surface area contributed by atoms with Gasteiger partial charge in [0.1, 0.15) is 11.5 Å². The highest BCUT2D eigenvalue weighted by molar-refractivity contribution is 6.37. The van der Waals surface area contributed by atoms with Crippen molar-refractivity contribution in [1.29, 1.82) is 0 Å². The lowest BCUT2D eigenvalue weighted by Crippen LogP contribution is -2.33. The molecule has 0 amide bonds. The van der Waals surface area contributed by atoms with Crippen LogP contribution in [0.3, 0.4) is 0 Å². The van der Waals surface area contributed by atoms with E-state index in [1.807, 2.05) is 0 Å². The van der Waals surface area contributed by atoms with Crippen molar-refractivity contribution in [2.75, 3.05) is 0 Å². The number of hydrogen-bond donors (Lipinski definition) is 3. The third-order valence-electron chi connectivity index (χ3n) is 4.68. The summed E-state index contributed by atoms with van der Waals surface area (Å²) in [5.74, 6) is -0.283. The zero-order chi connectivity index (χ0) is 23.7. The Morgan fingerprint density at radius 2 is 1.94 bits per heavy atom. The quantitative estimate of drug-likeness (QED) is 0.515. The number of aryl methyl sites for hydroxylation is 1. The molecule has 1 aromatic heterocycles. The topological polar surface area (TPSA) is 122 Å². The number of benzene rings is 2. The van der Waals surface area contributed by atoms with Crippen molar-refractivity contribution in [3.05, 3.63) is 96.0 Å². The highest BCUT2D eigenvalue weighted by atomic mass is 35.5. The number of nitrogens with zero attached hydrogens (tertiary/aromatic N) is 3. The molecule has 2 aromatic carbocycles. The molecule has 0 aliphatic carbocycles. The second kappa shape index (κ2) is 9.18. The van der Waals surface area contributed by atoms with Crippen LogP contribution in [0.1, 0.15) is 11.3 Å². The monoisotopic (exact) mass is 491 g/mol. The van der Waals surface area contributed by atoms with E-state index in [4.69, 9.17) is 27.9 Å². The van der Waals surface area contributed by atoms with Crippen molar-refractivity contribution in [2.45, 2.75) is 19.6 Å². The molecule has 0 radical (unpaired) electrons. The van der Waals surface area contributed by atoms with Crippen LogP contribution in [-0.2, 0) is 6.42 Å². The third kappa shape index (κ3) is 4.98. The first-order valence-electron chi connectivity index (χ1n) is 9.55. The van der Waals surface area contributed by atoms with Crippen LogP contribution in [0.5, 0.6) is 5.75 Å². The van der Waals surface area contributed by atoms with E-state index >= 15 is 0 Å². The van der Waals surface area contributed by atoms with Crippen molar-refractivity contribution >= 4 is 29.1 Å². The lowest BCUT2D eigenvalue weighted by atomic mass is 10.0. The summed E-state index contributed by atoms with van der Waals surface area (Å²) in [6.07, 6.45) is 0.647. The summed E-state index contributed by atoms with van der Waals surface area (Å²) in [5.41, 5.74) is 2.58. The number of aromatic nitrogens is 3. The fourth-order valence-electron chi connectivity index (χ4n) is 3.09. The largest absolute Gasteiger partial charge is 0.434 e. The molecule has 0 bridgehead atoms. The van der Waals surface area contributed by atoms with Gasteiger partial charge in [-0.15, -0.1) is 5.10 Å². The summed E-state index contributed by atoms with van der Waals surface area (Å²) in [6, 6.07) is 8.76. The smallest absolute Gasteiger partial charge is 0.349 e. The molecule has 1 aliphatic heterocycles. The van der Waals surface area contributed by atoms with E-state index in [0.29, 0.717) is 11.1 Å². The Kier molecular flexibility index (Phi) is 6.32. The number of hydrazone groups is 1. The number of aromatic amines is 1. The molecule has 3 N–H and O–H groups in total. The predicted octanol–water partition coefficient (Wildman–Crippen LogP) is 2.46. The van der Waals surface area contributed by atoms with Crippen molar-refractivity contribution in [1.82, 2.24) is 20.2 Å². The average Bonchev–Trinajstić information content (AvgIpc) is 2.75. The van der Waals surface area contributed by atoms with E-state index in [-0.39, 0.29) is 45.3 Å². The van der Waals surface area contributed by atoms with Crippen LogP contribution >= 0.6 is 23.2 Å². The zero-order valence-corrected chi connectivity index (χ0v) is 18.5. The molecular weight excluding hydrogens is 476 g/mol. The second-order valence-corrected chi connectivity index (χ2v) is 7.92. The van der Waals surface area contributed by atoms with Gasteiger partial charge in [0.2, 0.25) is 5.90 Å². The SMILES string of the molecule is Cc1nn(-c2cc(Cl)c(OC3=NNC(O)C(Cc4cccc(F)c4)=C3)c(Cl)c2)c(=O)[nH]c1=O. The van der Waals surface area contributed by atoms with Crippen LogP contribution in [-0.4, -0.2) is 32.0 Å². The number of hydrogen-bond acceptors (Lipinski definition) is 7. The van der Waals surface area contributed by atoms with Crippen LogP contribution in [0.15, 0.2) is 62.7 Å². The van der Waals surface area contributed by atoms with Gasteiger partial charge in [0.05, 0.1) is 15.7 Å². The number of aliphatic hydroxyl groups excluding tert-OH is 1. The van der Waals surface area contributed by atoms with Gasteiger partial charge in [0.25, 0.3) is 5.56 Å². The Labute approximate surface area is 195 Å². The molecule has 0 saturated carbocycles. The molecule has 0 saturated heterocycles. The van der Waals surface area contributed by atoms with Gasteiger partial charge < -0.3 is 9.84 Å². The third-order valence-corrected chi connectivity index (χ3v) is 5.24. The minimum absolute atomic E-state index is 0.0453. The summed E-state index contributed by atoms with van der Waals surface area (Å²) in [6.45, 7) is 1.45. The Morgan fingerprint density at radius 1 is 1.21 bits per heavy atom. The molecule has 170 valence electrons. The minimum atomic E-state index is -1.09. The van der Waals surface area contributed by atoms with Crippen LogP contribution in [0.4, 0.5) is 4.39 Å². The van der Waals surface area contributed by atoms with E-state index in [2.05, 4.69) is 20.6 Å². The van der Waals surface area contributed by atoms with Crippen molar-refractivity contribution in [3.8, 4) is 11.4 Å². The fraction of sp³-hybridized carbons (Fsp3) is 0.143. The molecule has 1 unspecified atom stereocenters. The highest BCUT2D eigenvalue weighted by Crippen LogP contribution is 2.35. The standard InChI is InChI=1S/C21H16Cl2FN5O4/c1-10-19(30)25-21(32)29(28-10)14-8-15(22)18(16(23)9-14)33-17-7-12(20(31)27-26-17)5-11-3-2-4-13(24)6-11/h2-4,6-9,20,27,31H,5H2,1H3,(H,25,30,32). The van der Waals surface area contributed by atoms with Gasteiger partial charge in [-0.05, 0) is 48.7 Å². The highest BCUT2D eigenvalue weighted by Gasteiger charge is 2.20. The molecule has 2 heterocycles. The zero-order valence-electron chi connectivity index (χ0n) is 17.0. The van der Waals surface area contributed by atoms with Gasteiger partial charge in [-0.25, -0.2) is 9.18 Å². The van der Waals surface area contributed by atoms with E-state index in [0.717, 1.165) is 4.68 Å². The van der Waals surface area contributed by atoms with E-state index in [1.54, 1.807) is 12.1 Å². The molecule has 0 spiro atoms. The van der Waals surface area contributed by atoms with Crippen LogP contribution in [0.25, 0.3) is 5.69 Å². The number of nitrogens with one attached hydrogen (secondary N) is 2. The Morgan fingerprint density at radius 3 is 2.64 bits per heavy atom. The maximum atomic E-state index is 13.5. The van der Waals surface area contributed by atoms with Gasteiger partial charge in [-0.2, -0.15) is 9.78 Å². The Bertz CT molecular complexity index is 1390. The van der Waals surface area contributed by atoms with Gasteiger partial charge in [0, 0.05) is 6.08 Å². The summed E-state index contributed by atoms with van der Waals surface area (Å²) >= 11 is 12.7. The van der Waals surface area contributed by atoms with E-state index in [1.165, 1.54) is 37.3 Å². The number of halogens is 3. The molecule has 9 nitrogen and oxygen atoms in total. The molecule has 3 aromatic rings. The molecule has 12 heteroatoms. The Hall–Kier alpha value is -3.47. The number of rotatable bonds is 4. The Balaban J connectivity index is 1.61. The lowest BCUT2D eigenvalue weighted by molar-refractivity contribution is 0.168. The molecule has 0 fully saturated rings. The summed E-state index contributed by atoms with van der Waals surface area (Å²) in [5, 5.41) is 18.1. The van der Waals surface area contributed by atoms with Crippen molar-refractivity contribution < 1.29 is 14.2 Å².